The third-order valence-corrected chi connectivity index (χ3v) is 5.21. The third kappa shape index (κ3) is 6.18. The van der Waals surface area contributed by atoms with E-state index >= 15 is 0 Å². The Morgan fingerprint density at radius 2 is 1.83 bits per heavy atom. The molecule has 3 aromatic rings. The SMILES string of the molecule is COc1ccc(COCC(O)CSc2nnnn2Cc2ccccc2)cc1OC. The fourth-order valence-corrected chi connectivity index (χ4v) is 3.44. The Kier molecular flexibility index (Phi) is 7.85. The highest BCUT2D eigenvalue weighted by atomic mass is 32.2. The van der Waals surface area contributed by atoms with Crippen LogP contribution in [0.2, 0.25) is 0 Å². The second-order valence-corrected chi connectivity index (χ2v) is 7.26. The van der Waals surface area contributed by atoms with Crippen molar-refractivity contribution in [3.8, 4) is 11.5 Å². The van der Waals surface area contributed by atoms with Gasteiger partial charge < -0.3 is 19.3 Å². The lowest BCUT2D eigenvalue weighted by molar-refractivity contribution is 0.0397. The molecule has 0 aliphatic rings. The van der Waals surface area contributed by atoms with Gasteiger partial charge in [-0.25, -0.2) is 4.68 Å². The molecule has 0 saturated carbocycles. The highest BCUT2D eigenvalue weighted by Gasteiger charge is 2.12. The number of aliphatic hydroxyl groups is 1. The molecule has 0 spiro atoms. The van der Waals surface area contributed by atoms with Crippen molar-refractivity contribution < 1.29 is 19.3 Å². The van der Waals surface area contributed by atoms with Crippen molar-refractivity contribution in [2.45, 2.75) is 24.4 Å². The second-order valence-electron chi connectivity index (χ2n) is 6.27. The number of aromatic nitrogens is 4. The molecule has 1 N–H and O–H groups in total. The molecule has 0 fully saturated rings. The molecule has 1 aromatic heterocycles. The van der Waals surface area contributed by atoms with Crippen molar-refractivity contribution in [2.75, 3.05) is 26.6 Å². The molecule has 0 aliphatic heterocycles. The van der Waals surface area contributed by atoms with Gasteiger partial charge in [0.1, 0.15) is 0 Å². The molecule has 1 atom stereocenters. The van der Waals surface area contributed by atoms with E-state index in [2.05, 4.69) is 15.5 Å². The summed E-state index contributed by atoms with van der Waals surface area (Å²) in [6, 6.07) is 15.6. The van der Waals surface area contributed by atoms with Crippen LogP contribution in [0.25, 0.3) is 0 Å². The minimum atomic E-state index is -0.637. The second kappa shape index (κ2) is 10.8. The molecule has 0 radical (unpaired) electrons. The zero-order valence-electron chi connectivity index (χ0n) is 16.4. The van der Waals surface area contributed by atoms with Gasteiger partial charge in [-0.15, -0.1) is 5.10 Å². The fourth-order valence-electron chi connectivity index (χ4n) is 2.66. The molecular formula is C20H24N4O4S. The van der Waals surface area contributed by atoms with E-state index in [1.54, 1.807) is 18.9 Å². The van der Waals surface area contributed by atoms with Crippen LogP contribution in [0.3, 0.4) is 0 Å². The smallest absolute Gasteiger partial charge is 0.209 e. The molecule has 9 heteroatoms. The van der Waals surface area contributed by atoms with Crippen molar-refractivity contribution in [3.63, 3.8) is 0 Å². The Labute approximate surface area is 173 Å². The summed E-state index contributed by atoms with van der Waals surface area (Å²) in [6.45, 7) is 1.16. The number of hydrogen-bond donors (Lipinski definition) is 1. The van der Waals surface area contributed by atoms with Gasteiger partial charge in [-0.2, -0.15) is 0 Å². The average Bonchev–Trinajstić information content (AvgIpc) is 3.19. The topological polar surface area (TPSA) is 91.5 Å². The van der Waals surface area contributed by atoms with E-state index in [4.69, 9.17) is 14.2 Å². The third-order valence-electron chi connectivity index (χ3n) is 4.11. The molecule has 0 amide bonds. The van der Waals surface area contributed by atoms with Crippen LogP contribution in [0.4, 0.5) is 0 Å². The number of ether oxygens (including phenoxy) is 3. The first-order valence-electron chi connectivity index (χ1n) is 9.09. The average molecular weight is 417 g/mol. The lowest BCUT2D eigenvalue weighted by Gasteiger charge is -2.12. The van der Waals surface area contributed by atoms with Gasteiger partial charge in [-0.3, -0.25) is 0 Å². The number of thioether (sulfide) groups is 1. The van der Waals surface area contributed by atoms with Gasteiger partial charge in [0, 0.05) is 5.75 Å². The van der Waals surface area contributed by atoms with Gasteiger partial charge in [0.25, 0.3) is 0 Å². The number of hydrogen-bond acceptors (Lipinski definition) is 8. The highest BCUT2D eigenvalue weighted by molar-refractivity contribution is 7.99. The maximum Gasteiger partial charge on any atom is 0.209 e. The number of benzene rings is 2. The normalized spacial score (nSPS) is 12.0. The summed E-state index contributed by atoms with van der Waals surface area (Å²) in [4.78, 5) is 0. The molecule has 3 rings (SSSR count). The standard InChI is InChI=1S/C20H24N4O4S/c1-26-18-9-8-16(10-19(18)27-2)12-28-13-17(25)14-29-20-21-22-23-24(20)11-15-6-4-3-5-7-15/h3-10,17,25H,11-14H2,1-2H3. The monoisotopic (exact) mass is 416 g/mol. The Morgan fingerprint density at radius 3 is 2.59 bits per heavy atom. The molecule has 1 heterocycles. The summed E-state index contributed by atoms with van der Waals surface area (Å²) < 4.78 is 17.9. The summed E-state index contributed by atoms with van der Waals surface area (Å²) in [5, 5.41) is 22.7. The highest BCUT2D eigenvalue weighted by Crippen LogP contribution is 2.27. The van der Waals surface area contributed by atoms with Crippen molar-refractivity contribution in [1.29, 1.82) is 0 Å². The largest absolute Gasteiger partial charge is 0.493 e. The summed E-state index contributed by atoms with van der Waals surface area (Å²) in [5.41, 5.74) is 2.05. The maximum absolute atomic E-state index is 10.2. The van der Waals surface area contributed by atoms with Crippen molar-refractivity contribution in [2.24, 2.45) is 0 Å². The summed E-state index contributed by atoms with van der Waals surface area (Å²) >= 11 is 1.40. The maximum atomic E-state index is 10.2. The Bertz CT molecular complexity index is 891. The van der Waals surface area contributed by atoms with Crippen molar-refractivity contribution in [3.05, 3.63) is 59.7 Å². The van der Waals surface area contributed by atoms with Crippen LogP contribution in [0.15, 0.2) is 53.7 Å². The molecule has 154 valence electrons. The number of rotatable bonds is 11. The molecule has 2 aromatic carbocycles. The van der Waals surface area contributed by atoms with E-state index < -0.39 is 6.10 Å². The van der Waals surface area contributed by atoms with E-state index in [0.717, 1.165) is 11.1 Å². The molecule has 1 unspecified atom stereocenters. The van der Waals surface area contributed by atoms with Crippen molar-refractivity contribution >= 4 is 11.8 Å². The summed E-state index contributed by atoms with van der Waals surface area (Å²) in [6.07, 6.45) is -0.637. The first kappa shape index (κ1) is 21.1. The van der Waals surface area contributed by atoms with Gasteiger partial charge in [0.15, 0.2) is 11.5 Å². The minimum absolute atomic E-state index is 0.210. The molecule has 0 saturated heterocycles. The van der Waals surface area contributed by atoms with Crippen LogP contribution in [0, 0.1) is 0 Å². The van der Waals surface area contributed by atoms with Gasteiger partial charge in [-0.1, -0.05) is 48.2 Å². The van der Waals surface area contributed by atoms with E-state index in [9.17, 15) is 5.11 Å². The van der Waals surface area contributed by atoms with Crippen LogP contribution in [-0.4, -0.2) is 58.0 Å². The predicted molar refractivity (Wildman–Crippen MR) is 109 cm³/mol. The zero-order chi connectivity index (χ0) is 20.5. The molecule has 0 aliphatic carbocycles. The Morgan fingerprint density at radius 1 is 1.03 bits per heavy atom. The number of nitrogens with zero attached hydrogens (tertiary/aromatic N) is 4. The lowest BCUT2D eigenvalue weighted by atomic mass is 10.2. The summed E-state index contributed by atoms with van der Waals surface area (Å²) in [7, 11) is 3.19. The molecule has 8 nitrogen and oxygen atoms in total. The van der Waals surface area contributed by atoms with Crippen LogP contribution in [0.1, 0.15) is 11.1 Å². The summed E-state index contributed by atoms with van der Waals surface area (Å²) in [5.74, 6) is 1.75. The van der Waals surface area contributed by atoms with E-state index in [1.807, 2.05) is 48.5 Å². The Hall–Kier alpha value is -2.62. The van der Waals surface area contributed by atoms with Crippen molar-refractivity contribution in [1.82, 2.24) is 20.2 Å². The van der Waals surface area contributed by atoms with E-state index in [1.165, 1.54) is 11.8 Å². The fraction of sp³-hybridized carbons (Fsp3) is 0.350. The van der Waals surface area contributed by atoms with Gasteiger partial charge in [-0.05, 0) is 33.7 Å². The number of methoxy groups -OCH3 is 2. The minimum Gasteiger partial charge on any atom is -0.493 e. The first-order chi connectivity index (χ1) is 14.2. The first-order valence-corrected chi connectivity index (χ1v) is 10.1. The van der Waals surface area contributed by atoms with Crippen LogP contribution in [-0.2, 0) is 17.9 Å². The van der Waals surface area contributed by atoms with E-state index in [-0.39, 0.29) is 6.61 Å². The molecule has 0 bridgehead atoms. The number of tetrazole rings is 1. The van der Waals surface area contributed by atoms with Crippen LogP contribution in [0.5, 0.6) is 11.5 Å². The molecule has 29 heavy (non-hydrogen) atoms. The molecular weight excluding hydrogens is 392 g/mol. The zero-order valence-corrected chi connectivity index (χ0v) is 17.2. The number of aliphatic hydroxyl groups excluding tert-OH is 1. The van der Waals surface area contributed by atoms with Gasteiger partial charge in [0.2, 0.25) is 5.16 Å². The van der Waals surface area contributed by atoms with Crippen LogP contribution >= 0.6 is 11.8 Å². The lowest BCUT2D eigenvalue weighted by Crippen LogP contribution is -2.18. The quantitative estimate of drug-likeness (QED) is 0.477. The Balaban J connectivity index is 1.44. The van der Waals surface area contributed by atoms with E-state index in [0.29, 0.717) is 35.6 Å². The van der Waals surface area contributed by atoms with Crippen LogP contribution < -0.4 is 9.47 Å². The predicted octanol–water partition coefficient (Wildman–Crippen LogP) is 2.41. The van der Waals surface area contributed by atoms with Gasteiger partial charge in [0.05, 0.1) is 40.1 Å². The van der Waals surface area contributed by atoms with Gasteiger partial charge >= 0.3 is 0 Å².